The molecule has 0 saturated carbocycles. The largest absolute Gasteiger partial charge is 0.480 e. The summed E-state index contributed by atoms with van der Waals surface area (Å²) in [7, 11) is 0. The summed E-state index contributed by atoms with van der Waals surface area (Å²) in [6.45, 7) is 5.28. The third-order valence-corrected chi connectivity index (χ3v) is 5.16. The molecule has 0 unspecified atom stereocenters. The van der Waals surface area contributed by atoms with Crippen LogP contribution in [0.25, 0.3) is 21.9 Å². The number of anilines is 1. The number of benzene rings is 2. The lowest BCUT2D eigenvalue weighted by Gasteiger charge is -2.18. The molecule has 2 aromatic carbocycles. The van der Waals surface area contributed by atoms with E-state index >= 15 is 0 Å². The number of nitrogens with one attached hydrogen (secondary N) is 1. The number of carboxylic acids is 1. The number of fused-ring (bicyclic) bond motifs is 3. The molecular formula is C23H23N3O4. The van der Waals surface area contributed by atoms with Crippen LogP contribution in [0.3, 0.4) is 0 Å². The van der Waals surface area contributed by atoms with Gasteiger partial charge in [0.25, 0.3) is 5.56 Å². The maximum Gasteiger partial charge on any atom is 0.323 e. The smallest absolute Gasteiger partial charge is 0.323 e. The molecule has 0 aliphatic heterocycles. The van der Waals surface area contributed by atoms with Gasteiger partial charge in [0.15, 0.2) is 0 Å². The Morgan fingerprint density at radius 1 is 1.13 bits per heavy atom. The van der Waals surface area contributed by atoms with Crippen LogP contribution in [-0.2, 0) is 11.3 Å². The SMILES string of the molecule is CC(C)c1ncc(N[C@H](C)c2ccc3oc4ccccc4c3c2)c(=O)n1CC(=O)O. The Balaban J connectivity index is 1.70. The summed E-state index contributed by atoms with van der Waals surface area (Å²) in [5, 5.41) is 14.4. The molecule has 7 nitrogen and oxygen atoms in total. The summed E-state index contributed by atoms with van der Waals surface area (Å²) in [6.07, 6.45) is 1.48. The average molecular weight is 405 g/mol. The average Bonchev–Trinajstić information content (AvgIpc) is 3.08. The number of rotatable bonds is 6. The Morgan fingerprint density at radius 2 is 1.87 bits per heavy atom. The van der Waals surface area contributed by atoms with E-state index in [1.807, 2.05) is 63.2 Å². The van der Waals surface area contributed by atoms with E-state index in [1.165, 1.54) is 10.8 Å². The van der Waals surface area contributed by atoms with Gasteiger partial charge in [-0.05, 0) is 30.7 Å². The highest BCUT2D eigenvalue weighted by Crippen LogP contribution is 2.31. The molecule has 0 aliphatic carbocycles. The quantitative estimate of drug-likeness (QED) is 0.489. The molecule has 30 heavy (non-hydrogen) atoms. The number of carbonyl (C=O) groups is 1. The number of hydrogen-bond acceptors (Lipinski definition) is 5. The predicted molar refractivity (Wildman–Crippen MR) is 116 cm³/mol. The van der Waals surface area contributed by atoms with Crippen molar-refractivity contribution in [2.45, 2.75) is 39.3 Å². The zero-order chi connectivity index (χ0) is 21.4. The molecule has 154 valence electrons. The Kier molecular flexibility index (Phi) is 5.03. The van der Waals surface area contributed by atoms with Gasteiger partial charge < -0.3 is 14.8 Å². The van der Waals surface area contributed by atoms with E-state index in [2.05, 4.69) is 10.3 Å². The van der Waals surface area contributed by atoms with Gasteiger partial charge in [-0.15, -0.1) is 0 Å². The van der Waals surface area contributed by atoms with E-state index in [9.17, 15) is 14.7 Å². The van der Waals surface area contributed by atoms with Crippen LogP contribution in [0.1, 0.15) is 44.1 Å². The second-order valence-corrected chi connectivity index (χ2v) is 7.69. The number of aliphatic carboxylic acids is 1. The number of furan rings is 1. The maximum atomic E-state index is 12.9. The number of carboxylic acid groups (broad SMARTS) is 1. The fraction of sp³-hybridized carbons (Fsp3) is 0.261. The molecular weight excluding hydrogens is 382 g/mol. The molecule has 7 heteroatoms. The van der Waals surface area contributed by atoms with Crippen LogP contribution in [0.4, 0.5) is 5.69 Å². The Morgan fingerprint density at radius 3 is 2.60 bits per heavy atom. The molecule has 0 radical (unpaired) electrons. The van der Waals surface area contributed by atoms with Gasteiger partial charge in [0.2, 0.25) is 0 Å². The number of para-hydroxylation sites is 1. The first kappa shape index (κ1) is 19.7. The molecule has 0 bridgehead atoms. The summed E-state index contributed by atoms with van der Waals surface area (Å²) < 4.78 is 7.09. The summed E-state index contributed by atoms with van der Waals surface area (Å²) in [5.41, 5.74) is 2.49. The van der Waals surface area contributed by atoms with Crippen molar-refractivity contribution >= 4 is 33.6 Å². The molecule has 1 atom stereocenters. The van der Waals surface area contributed by atoms with Crippen LogP contribution >= 0.6 is 0 Å². The molecule has 2 N–H and O–H groups in total. The predicted octanol–water partition coefficient (Wildman–Crippen LogP) is 4.52. The molecule has 4 aromatic rings. The van der Waals surface area contributed by atoms with E-state index in [1.54, 1.807) is 0 Å². The molecule has 4 rings (SSSR count). The van der Waals surface area contributed by atoms with Gasteiger partial charge in [0.05, 0.1) is 6.20 Å². The van der Waals surface area contributed by atoms with E-state index in [-0.39, 0.29) is 17.6 Å². The van der Waals surface area contributed by atoms with E-state index in [0.29, 0.717) is 5.82 Å². The standard InChI is InChI=1S/C23H23N3O4/c1-13(2)22-24-11-18(23(29)26(22)12-21(27)28)25-14(3)15-8-9-20-17(10-15)16-6-4-5-7-19(16)30-20/h4-11,13-14,25H,12H2,1-3H3,(H,27,28)/t14-/m1/s1. The lowest BCUT2D eigenvalue weighted by Crippen LogP contribution is -2.31. The van der Waals surface area contributed by atoms with Crippen LogP contribution in [0.5, 0.6) is 0 Å². The highest BCUT2D eigenvalue weighted by atomic mass is 16.4. The van der Waals surface area contributed by atoms with Crippen molar-refractivity contribution in [2.24, 2.45) is 0 Å². The van der Waals surface area contributed by atoms with E-state index in [4.69, 9.17) is 4.42 Å². The van der Waals surface area contributed by atoms with Gasteiger partial charge in [0.1, 0.15) is 29.2 Å². The highest BCUT2D eigenvalue weighted by Gasteiger charge is 2.17. The molecule has 0 amide bonds. The topological polar surface area (TPSA) is 97.4 Å². The summed E-state index contributed by atoms with van der Waals surface area (Å²) in [6, 6.07) is 13.6. The normalized spacial score (nSPS) is 12.5. The minimum atomic E-state index is -1.08. The first-order chi connectivity index (χ1) is 14.3. The maximum absolute atomic E-state index is 12.9. The third kappa shape index (κ3) is 3.54. The summed E-state index contributed by atoms with van der Waals surface area (Å²) in [4.78, 5) is 28.5. The summed E-state index contributed by atoms with van der Waals surface area (Å²) in [5.74, 6) is -0.699. The summed E-state index contributed by atoms with van der Waals surface area (Å²) >= 11 is 0. The monoisotopic (exact) mass is 405 g/mol. The van der Waals surface area contributed by atoms with Crippen molar-refractivity contribution in [3.05, 3.63) is 70.4 Å². The van der Waals surface area contributed by atoms with Crippen LogP contribution in [0, 0.1) is 0 Å². The van der Waals surface area contributed by atoms with Crippen LogP contribution in [-0.4, -0.2) is 20.6 Å². The second kappa shape index (κ2) is 7.67. The van der Waals surface area contributed by atoms with Gasteiger partial charge in [-0.2, -0.15) is 0 Å². The molecule has 2 heterocycles. The second-order valence-electron chi connectivity index (χ2n) is 7.69. The lowest BCUT2D eigenvalue weighted by molar-refractivity contribution is -0.137. The fourth-order valence-electron chi connectivity index (χ4n) is 3.68. The molecule has 0 saturated heterocycles. The Hall–Kier alpha value is -3.61. The van der Waals surface area contributed by atoms with Crippen LogP contribution in [0.2, 0.25) is 0 Å². The van der Waals surface area contributed by atoms with Crippen molar-refractivity contribution in [1.82, 2.24) is 9.55 Å². The molecule has 0 aliphatic rings. The van der Waals surface area contributed by atoms with Gasteiger partial charge >= 0.3 is 5.97 Å². The fourth-order valence-corrected chi connectivity index (χ4v) is 3.68. The highest BCUT2D eigenvalue weighted by molar-refractivity contribution is 6.05. The molecule has 2 aromatic heterocycles. The van der Waals surface area contributed by atoms with E-state index in [0.717, 1.165) is 27.5 Å². The van der Waals surface area contributed by atoms with Crippen molar-refractivity contribution < 1.29 is 14.3 Å². The molecule has 0 fully saturated rings. The lowest BCUT2D eigenvalue weighted by atomic mass is 10.0. The third-order valence-electron chi connectivity index (χ3n) is 5.16. The Labute approximate surface area is 173 Å². The van der Waals surface area contributed by atoms with E-state index < -0.39 is 18.1 Å². The van der Waals surface area contributed by atoms with Crippen molar-refractivity contribution in [2.75, 3.05) is 5.32 Å². The van der Waals surface area contributed by atoms with Crippen LogP contribution in [0.15, 0.2) is 57.9 Å². The van der Waals surface area contributed by atoms with Crippen molar-refractivity contribution in [1.29, 1.82) is 0 Å². The number of hydrogen-bond donors (Lipinski definition) is 2. The first-order valence-electron chi connectivity index (χ1n) is 9.84. The van der Waals surface area contributed by atoms with Crippen LogP contribution < -0.4 is 10.9 Å². The van der Waals surface area contributed by atoms with Gasteiger partial charge in [-0.1, -0.05) is 38.1 Å². The first-order valence-corrected chi connectivity index (χ1v) is 9.84. The van der Waals surface area contributed by atoms with Gasteiger partial charge in [-0.3, -0.25) is 14.2 Å². The zero-order valence-electron chi connectivity index (χ0n) is 17.0. The zero-order valence-corrected chi connectivity index (χ0v) is 17.0. The number of nitrogens with zero attached hydrogens (tertiary/aromatic N) is 2. The molecule has 0 spiro atoms. The minimum absolute atomic E-state index is 0.0692. The number of aromatic nitrogens is 2. The van der Waals surface area contributed by atoms with Gasteiger partial charge in [-0.25, -0.2) is 4.98 Å². The van der Waals surface area contributed by atoms with Gasteiger partial charge in [0, 0.05) is 22.7 Å². The van der Waals surface area contributed by atoms with Crippen molar-refractivity contribution in [3.8, 4) is 0 Å². The Bertz CT molecular complexity index is 1300. The van der Waals surface area contributed by atoms with Crippen molar-refractivity contribution in [3.63, 3.8) is 0 Å². The minimum Gasteiger partial charge on any atom is -0.480 e.